The third-order valence-corrected chi connectivity index (χ3v) is 4.64. The molecule has 1 aliphatic rings. The van der Waals surface area contributed by atoms with Gasteiger partial charge < -0.3 is 14.2 Å². The molecule has 0 amide bonds. The van der Waals surface area contributed by atoms with Gasteiger partial charge in [-0.15, -0.1) is 0 Å². The van der Waals surface area contributed by atoms with Crippen molar-refractivity contribution >= 4 is 0 Å². The van der Waals surface area contributed by atoms with Gasteiger partial charge in [-0.05, 0) is 30.9 Å². The Hall–Kier alpha value is -1.64. The Kier molecular flexibility index (Phi) is 8.00. The van der Waals surface area contributed by atoms with Crippen LogP contribution >= 0.6 is 0 Å². The SMILES string of the molecule is COCOCC(COc1cccc(F)c1C#N)C1CCCCCC1. The van der Waals surface area contributed by atoms with Crippen molar-refractivity contribution in [2.45, 2.75) is 38.5 Å². The summed E-state index contributed by atoms with van der Waals surface area (Å²) in [7, 11) is 1.60. The molecule has 0 saturated heterocycles. The van der Waals surface area contributed by atoms with E-state index < -0.39 is 5.82 Å². The van der Waals surface area contributed by atoms with E-state index in [4.69, 9.17) is 19.5 Å². The van der Waals surface area contributed by atoms with Crippen molar-refractivity contribution in [3.63, 3.8) is 0 Å². The third-order valence-electron chi connectivity index (χ3n) is 4.64. The van der Waals surface area contributed by atoms with Crippen molar-refractivity contribution < 1.29 is 18.6 Å². The lowest BCUT2D eigenvalue weighted by molar-refractivity contribution is -0.0568. The summed E-state index contributed by atoms with van der Waals surface area (Å²) in [6.07, 6.45) is 7.36. The number of halogens is 1. The maximum Gasteiger partial charge on any atom is 0.146 e. The van der Waals surface area contributed by atoms with Gasteiger partial charge in [0.2, 0.25) is 0 Å². The smallest absolute Gasteiger partial charge is 0.146 e. The molecule has 0 radical (unpaired) electrons. The molecule has 2 rings (SSSR count). The summed E-state index contributed by atoms with van der Waals surface area (Å²) in [6.45, 7) is 1.23. The summed E-state index contributed by atoms with van der Waals surface area (Å²) in [6, 6.07) is 6.36. The number of hydrogen-bond acceptors (Lipinski definition) is 4. The molecule has 1 aliphatic carbocycles. The van der Waals surface area contributed by atoms with Crippen LogP contribution in [-0.4, -0.2) is 27.1 Å². The van der Waals surface area contributed by atoms with Gasteiger partial charge in [-0.1, -0.05) is 31.7 Å². The summed E-state index contributed by atoms with van der Waals surface area (Å²) in [4.78, 5) is 0. The Labute approximate surface area is 143 Å². The number of nitrogens with zero attached hydrogens (tertiary/aromatic N) is 1. The minimum absolute atomic E-state index is 0.0325. The summed E-state index contributed by atoms with van der Waals surface area (Å²) < 4.78 is 30.0. The Morgan fingerprint density at radius 1 is 1.21 bits per heavy atom. The van der Waals surface area contributed by atoms with Crippen LogP contribution in [0.15, 0.2) is 18.2 Å². The minimum atomic E-state index is -0.545. The molecule has 5 heteroatoms. The lowest BCUT2D eigenvalue weighted by atomic mass is 9.87. The number of ether oxygens (including phenoxy) is 3. The van der Waals surface area contributed by atoms with Crippen LogP contribution in [0, 0.1) is 29.0 Å². The maximum atomic E-state index is 13.7. The van der Waals surface area contributed by atoms with Crippen LogP contribution in [-0.2, 0) is 9.47 Å². The van der Waals surface area contributed by atoms with Gasteiger partial charge in [-0.25, -0.2) is 4.39 Å². The molecule has 1 saturated carbocycles. The highest BCUT2D eigenvalue weighted by molar-refractivity contribution is 5.43. The molecule has 0 N–H and O–H groups in total. The molecule has 132 valence electrons. The molecular formula is C19H26FNO3. The quantitative estimate of drug-likeness (QED) is 0.404. The van der Waals surface area contributed by atoms with Crippen molar-refractivity contribution in [2.24, 2.45) is 11.8 Å². The van der Waals surface area contributed by atoms with Gasteiger partial charge in [0.1, 0.15) is 30.0 Å². The zero-order valence-electron chi connectivity index (χ0n) is 14.3. The van der Waals surface area contributed by atoms with Gasteiger partial charge in [0.05, 0.1) is 13.2 Å². The van der Waals surface area contributed by atoms with Gasteiger partial charge in [0, 0.05) is 13.0 Å². The highest BCUT2D eigenvalue weighted by Gasteiger charge is 2.24. The number of hydrogen-bond donors (Lipinski definition) is 0. The lowest BCUT2D eigenvalue weighted by Gasteiger charge is -2.26. The predicted molar refractivity (Wildman–Crippen MR) is 89.1 cm³/mol. The fraction of sp³-hybridized carbons (Fsp3) is 0.632. The number of rotatable bonds is 8. The average molecular weight is 335 g/mol. The predicted octanol–water partition coefficient (Wildman–Crippen LogP) is 4.28. The van der Waals surface area contributed by atoms with Gasteiger partial charge >= 0.3 is 0 Å². The molecular weight excluding hydrogens is 309 g/mol. The van der Waals surface area contributed by atoms with Crippen molar-refractivity contribution in [1.82, 2.24) is 0 Å². The minimum Gasteiger partial charge on any atom is -0.492 e. The topological polar surface area (TPSA) is 51.5 Å². The van der Waals surface area contributed by atoms with E-state index in [-0.39, 0.29) is 18.3 Å². The van der Waals surface area contributed by atoms with E-state index >= 15 is 0 Å². The van der Waals surface area contributed by atoms with Crippen LogP contribution in [0.2, 0.25) is 0 Å². The number of nitriles is 1. The standard InChI is InChI=1S/C19H26FNO3/c1-22-14-23-12-16(15-7-4-2-3-5-8-15)13-24-19-10-6-9-18(20)17(19)11-21/h6,9-10,15-16H,2-5,7-8,12-14H2,1H3. The van der Waals surface area contributed by atoms with E-state index in [9.17, 15) is 4.39 Å². The molecule has 4 nitrogen and oxygen atoms in total. The average Bonchev–Trinajstić information content (AvgIpc) is 2.87. The van der Waals surface area contributed by atoms with E-state index in [0.717, 1.165) is 0 Å². The van der Waals surface area contributed by atoms with Crippen LogP contribution in [0.4, 0.5) is 4.39 Å². The van der Waals surface area contributed by atoms with Gasteiger partial charge in [-0.3, -0.25) is 0 Å². The monoisotopic (exact) mass is 335 g/mol. The van der Waals surface area contributed by atoms with Gasteiger partial charge in [0.25, 0.3) is 0 Å². The van der Waals surface area contributed by atoms with Crippen molar-refractivity contribution in [1.29, 1.82) is 5.26 Å². The zero-order valence-corrected chi connectivity index (χ0v) is 14.3. The van der Waals surface area contributed by atoms with E-state index in [1.54, 1.807) is 19.2 Å². The number of methoxy groups -OCH3 is 1. The summed E-state index contributed by atoms with van der Waals surface area (Å²) >= 11 is 0. The molecule has 1 atom stereocenters. The second kappa shape index (κ2) is 10.3. The van der Waals surface area contributed by atoms with Crippen LogP contribution in [0.3, 0.4) is 0 Å². The highest BCUT2D eigenvalue weighted by Crippen LogP contribution is 2.30. The first kappa shape index (κ1) is 18.7. The highest BCUT2D eigenvalue weighted by atomic mass is 19.1. The Bertz CT molecular complexity index is 536. The molecule has 0 heterocycles. The summed E-state index contributed by atoms with van der Waals surface area (Å²) in [5.41, 5.74) is -0.0325. The Balaban J connectivity index is 2.01. The molecule has 1 aromatic carbocycles. The molecule has 24 heavy (non-hydrogen) atoms. The normalized spacial score (nSPS) is 17.0. The van der Waals surface area contributed by atoms with E-state index in [0.29, 0.717) is 24.9 Å². The lowest BCUT2D eigenvalue weighted by Crippen LogP contribution is -2.27. The molecule has 0 aliphatic heterocycles. The molecule has 1 unspecified atom stereocenters. The van der Waals surface area contributed by atoms with Crippen molar-refractivity contribution in [2.75, 3.05) is 27.1 Å². The maximum absolute atomic E-state index is 13.7. The molecule has 0 bridgehead atoms. The zero-order chi connectivity index (χ0) is 17.2. The molecule has 0 aromatic heterocycles. The van der Waals surface area contributed by atoms with Crippen LogP contribution in [0.25, 0.3) is 0 Å². The Morgan fingerprint density at radius 3 is 2.62 bits per heavy atom. The second-order valence-electron chi connectivity index (χ2n) is 6.32. The Morgan fingerprint density at radius 2 is 1.96 bits per heavy atom. The van der Waals surface area contributed by atoms with Crippen molar-refractivity contribution in [3.05, 3.63) is 29.6 Å². The molecule has 1 fully saturated rings. The first-order valence-electron chi connectivity index (χ1n) is 8.64. The van der Waals surface area contributed by atoms with E-state index in [2.05, 4.69) is 0 Å². The number of benzene rings is 1. The summed E-state index contributed by atoms with van der Waals surface area (Å²) in [5.74, 6) is 0.510. The second-order valence-corrected chi connectivity index (χ2v) is 6.32. The largest absolute Gasteiger partial charge is 0.492 e. The van der Waals surface area contributed by atoms with Crippen LogP contribution in [0.1, 0.15) is 44.1 Å². The van der Waals surface area contributed by atoms with Crippen molar-refractivity contribution in [3.8, 4) is 11.8 Å². The van der Waals surface area contributed by atoms with Crippen LogP contribution in [0.5, 0.6) is 5.75 Å². The first-order valence-corrected chi connectivity index (χ1v) is 8.64. The van der Waals surface area contributed by atoms with Gasteiger partial charge in [-0.2, -0.15) is 5.26 Å². The third kappa shape index (κ3) is 5.47. The fourth-order valence-electron chi connectivity index (χ4n) is 3.32. The molecule has 0 spiro atoms. The fourth-order valence-corrected chi connectivity index (χ4v) is 3.32. The van der Waals surface area contributed by atoms with Gasteiger partial charge in [0.15, 0.2) is 0 Å². The van der Waals surface area contributed by atoms with E-state index in [1.165, 1.54) is 44.6 Å². The first-order chi connectivity index (χ1) is 11.8. The van der Waals surface area contributed by atoms with E-state index in [1.807, 2.05) is 6.07 Å². The summed E-state index contributed by atoms with van der Waals surface area (Å²) in [5, 5.41) is 9.11. The molecule has 1 aromatic rings. The van der Waals surface area contributed by atoms with Crippen LogP contribution < -0.4 is 4.74 Å².